The van der Waals surface area contributed by atoms with Crippen LogP contribution in [0.2, 0.25) is 0 Å². The van der Waals surface area contributed by atoms with E-state index in [1.54, 1.807) is 0 Å². The van der Waals surface area contributed by atoms with Gasteiger partial charge in [-0.15, -0.1) is 0 Å². The topological polar surface area (TPSA) is 67.3 Å². The van der Waals surface area contributed by atoms with Crippen molar-refractivity contribution in [2.45, 2.75) is 19.4 Å². The van der Waals surface area contributed by atoms with Crippen molar-refractivity contribution >= 4 is 6.41 Å². The molecule has 4 heteroatoms. The van der Waals surface area contributed by atoms with Crippen LogP contribution in [0.1, 0.15) is 13.3 Å². The molecular weight excluding hydrogens is 142 g/mol. The van der Waals surface area contributed by atoms with E-state index in [0.29, 0.717) is 6.04 Å². The van der Waals surface area contributed by atoms with Crippen LogP contribution in [-0.2, 0) is 4.79 Å². The van der Waals surface area contributed by atoms with Crippen LogP contribution < -0.4 is 11.5 Å². The second-order valence-corrected chi connectivity index (χ2v) is 2.66. The van der Waals surface area contributed by atoms with Crippen molar-refractivity contribution in [1.82, 2.24) is 16.4 Å². The maximum absolute atomic E-state index is 10.3. The summed E-state index contributed by atoms with van der Waals surface area (Å²) in [6.45, 7) is 4.81. The van der Waals surface area contributed by atoms with Crippen LogP contribution >= 0.6 is 0 Å². The van der Waals surface area contributed by atoms with E-state index in [1.807, 2.05) is 4.90 Å². The van der Waals surface area contributed by atoms with E-state index in [4.69, 9.17) is 0 Å². The molecule has 1 aliphatic rings. The van der Waals surface area contributed by atoms with E-state index in [0.717, 1.165) is 32.5 Å². The zero-order chi connectivity index (χ0) is 7.40. The van der Waals surface area contributed by atoms with Crippen molar-refractivity contribution in [3.05, 3.63) is 0 Å². The first-order valence-electron chi connectivity index (χ1n) is 3.79. The quantitative estimate of drug-likeness (QED) is 0.557. The van der Waals surface area contributed by atoms with E-state index in [2.05, 4.69) is 12.2 Å². The van der Waals surface area contributed by atoms with Crippen LogP contribution in [-0.4, -0.2) is 37.0 Å². The average molecular weight is 159 g/mol. The molecule has 0 aromatic rings. The summed E-state index contributed by atoms with van der Waals surface area (Å²) in [7, 11) is 0. The molecule has 0 bridgehead atoms. The fourth-order valence-corrected chi connectivity index (χ4v) is 1.22. The number of hydrogen-bond acceptors (Lipinski definition) is 3. The number of hydrogen-bond donors (Lipinski definition) is 2. The van der Waals surface area contributed by atoms with Gasteiger partial charge >= 0.3 is 0 Å². The molecule has 1 heterocycles. The predicted octanol–water partition coefficient (Wildman–Crippen LogP) is -0.0114. The van der Waals surface area contributed by atoms with Gasteiger partial charge in [0.25, 0.3) is 0 Å². The summed E-state index contributed by atoms with van der Waals surface area (Å²) in [5.74, 6) is 0. The van der Waals surface area contributed by atoms with Crippen LogP contribution in [0.25, 0.3) is 0 Å². The third-order valence-electron chi connectivity index (χ3n) is 1.93. The SMILES string of the molecule is CCC1CN(C=O)CCN1.N. The van der Waals surface area contributed by atoms with Crippen molar-refractivity contribution in [1.29, 1.82) is 0 Å². The van der Waals surface area contributed by atoms with Crippen molar-refractivity contribution in [3.8, 4) is 0 Å². The largest absolute Gasteiger partial charge is 0.344 e. The Morgan fingerprint density at radius 2 is 2.45 bits per heavy atom. The zero-order valence-electron chi connectivity index (χ0n) is 7.05. The van der Waals surface area contributed by atoms with Gasteiger partial charge in [0, 0.05) is 25.7 Å². The Bertz CT molecular complexity index is 118. The van der Waals surface area contributed by atoms with Gasteiger partial charge in [0.05, 0.1) is 0 Å². The molecule has 4 nitrogen and oxygen atoms in total. The first-order valence-corrected chi connectivity index (χ1v) is 3.79. The van der Waals surface area contributed by atoms with Crippen molar-refractivity contribution in [3.63, 3.8) is 0 Å². The standard InChI is InChI=1S/C7H14N2O.H3N/c1-2-7-5-9(6-10)4-3-8-7;/h6-8H,2-5H2,1H3;1H3. The molecule has 1 rings (SSSR count). The van der Waals surface area contributed by atoms with Gasteiger partial charge in [-0.25, -0.2) is 0 Å². The van der Waals surface area contributed by atoms with E-state index in [-0.39, 0.29) is 6.15 Å². The molecule has 1 atom stereocenters. The number of amides is 1. The molecule has 0 radical (unpaired) electrons. The second-order valence-electron chi connectivity index (χ2n) is 2.66. The van der Waals surface area contributed by atoms with Gasteiger partial charge in [0.2, 0.25) is 6.41 Å². The second kappa shape index (κ2) is 5.09. The molecule has 0 aromatic heterocycles. The highest BCUT2D eigenvalue weighted by Gasteiger charge is 2.14. The summed E-state index contributed by atoms with van der Waals surface area (Å²) < 4.78 is 0. The van der Waals surface area contributed by atoms with Gasteiger partial charge in [-0.1, -0.05) is 6.92 Å². The molecule has 0 aromatic carbocycles. The number of carbonyl (C=O) groups excluding carboxylic acids is 1. The highest BCUT2D eigenvalue weighted by atomic mass is 16.1. The third-order valence-corrected chi connectivity index (χ3v) is 1.93. The van der Waals surface area contributed by atoms with Gasteiger partial charge in [-0.2, -0.15) is 0 Å². The van der Waals surface area contributed by atoms with Gasteiger partial charge in [-0.05, 0) is 6.42 Å². The number of nitrogens with zero attached hydrogens (tertiary/aromatic N) is 1. The summed E-state index contributed by atoms with van der Waals surface area (Å²) >= 11 is 0. The van der Waals surface area contributed by atoms with Gasteiger partial charge in [-0.3, -0.25) is 4.79 Å². The smallest absolute Gasteiger partial charge is 0.209 e. The first-order chi connectivity index (χ1) is 4.86. The summed E-state index contributed by atoms with van der Waals surface area (Å²) in [5.41, 5.74) is 0. The third kappa shape index (κ3) is 2.86. The van der Waals surface area contributed by atoms with Gasteiger partial charge in [0.15, 0.2) is 0 Å². The van der Waals surface area contributed by atoms with E-state index in [9.17, 15) is 4.79 Å². The lowest BCUT2D eigenvalue weighted by Gasteiger charge is -2.30. The Hall–Kier alpha value is -0.610. The summed E-state index contributed by atoms with van der Waals surface area (Å²) in [6.07, 6.45) is 2.04. The molecular formula is C7H17N3O. The fraction of sp³-hybridized carbons (Fsp3) is 0.857. The zero-order valence-corrected chi connectivity index (χ0v) is 7.05. The molecule has 11 heavy (non-hydrogen) atoms. The monoisotopic (exact) mass is 159 g/mol. The molecule has 1 fully saturated rings. The van der Waals surface area contributed by atoms with Crippen molar-refractivity contribution in [2.24, 2.45) is 0 Å². The molecule has 0 spiro atoms. The highest BCUT2D eigenvalue weighted by Crippen LogP contribution is 1.98. The van der Waals surface area contributed by atoms with Crippen molar-refractivity contribution < 1.29 is 4.79 Å². The Labute approximate surface area is 67.5 Å². The summed E-state index contributed by atoms with van der Waals surface area (Å²) in [5, 5.41) is 3.33. The molecule has 4 N–H and O–H groups in total. The maximum atomic E-state index is 10.3. The number of piperazine rings is 1. The lowest BCUT2D eigenvalue weighted by atomic mass is 10.2. The van der Waals surface area contributed by atoms with Gasteiger partial charge < -0.3 is 16.4 Å². The number of nitrogens with one attached hydrogen (secondary N) is 1. The molecule has 0 aliphatic carbocycles. The maximum Gasteiger partial charge on any atom is 0.209 e. The van der Waals surface area contributed by atoms with Gasteiger partial charge in [0.1, 0.15) is 0 Å². The Kier molecular flexibility index (Phi) is 4.81. The Morgan fingerprint density at radius 1 is 1.73 bits per heavy atom. The molecule has 1 unspecified atom stereocenters. The highest BCUT2D eigenvalue weighted by molar-refractivity contribution is 5.47. The van der Waals surface area contributed by atoms with E-state index in [1.165, 1.54) is 0 Å². The van der Waals surface area contributed by atoms with Crippen LogP contribution in [0.4, 0.5) is 0 Å². The van der Waals surface area contributed by atoms with E-state index >= 15 is 0 Å². The van der Waals surface area contributed by atoms with Crippen LogP contribution in [0.3, 0.4) is 0 Å². The Morgan fingerprint density at radius 3 is 3.00 bits per heavy atom. The van der Waals surface area contributed by atoms with Crippen LogP contribution in [0.5, 0.6) is 0 Å². The predicted molar refractivity (Wildman–Crippen MR) is 44.7 cm³/mol. The Balaban J connectivity index is 0.000001000. The summed E-state index contributed by atoms with van der Waals surface area (Å²) in [4.78, 5) is 12.1. The number of carbonyl (C=O) groups is 1. The van der Waals surface area contributed by atoms with E-state index < -0.39 is 0 Å². The molecule has 66 valence electrons. The van der Waals surface area contributed by atoms with Crippen LogP contribution in [0, 0.1) is 0 Å². The fourth-order valence-electron chi connectivity index (χ4n) is 1.22. The molecule has 1 aliphatic heterocycles. The number of rotatable bonds is 2. The minimum Gasteiger partial charge on any atom is -0.344 e. The normalized spacial score (nSPS) is 24.1. The molecule has 0 saturated carbocycles. The lowest BCUT2D eigenvalue weighted by molar-refractivity contribution is -0.119. The summed E-state index contributed by atoms with van der Waals surface area (Å²) in [6, 6.07) is 0.513. The first kappa shape index (κ1) is 10.4. The minimum absolute atomic E-state index is 0. The van der Waals surface area contributed by atoms with Crippen molar-refractivity contribution in [2.75, 3.05) is 19.6 Å². The lowest BCUT2D eigenvalue weighted by Crippen LogP contribution is -2.49. The minimum atomic E-state index is 0. The molecule has 1 saturated heterocycles. The molecule has 1 amide bonds. The average Bonchev–Trinajstić information content (AvgIpc) is 2.05. The van der Waals surface area contributed by atoms with Crippen LogP contribution in [0.15, 0.2) is 0 Å².